The maximum Gasteiger partial charge on any atom is 0.142 e. The second-order valence-corrected chi connectivity index (χ2v) is 7.45. The van der Waals surface area contributed by atoms with E-state index in [2.05, 4.69) is 15.9 Å². The van der Waals surface area contributed by atoms with Crippen molar-refractivity contribution in [1.82, 2.24) is 0 Å². The lowest BCUT2D eigenvalue weighted by Gasteiger charge is -2.28. The summed E-state index contributed by atoms with van der Waals surface area (Å²) in [7, 11) is 0. The van der Waals surface area contributed by atoms with E-state index in [-0.39, 0.29) is 5.82 Å². The number of aliphatic hydroxyl groups is 1. The van der Waals surface area contributed by atoms with Crippen LogP contribution in [-0.4, -0.2) is 5.11 Å². The van der Waals surface area contributed by atoms with Gasteiger partial charge in [0.1, 0.15) is 11.4 Å². The number of hydrogen-bond acceptors (Lipinski definition) is 1. The molecule has 126 valence electrons. The van der Waals surface area contributed by atoms with Crippen LogP contribution in [0.15, 0.2) is 83.3 Å². The number of benzene rings is 4. The Hall–Kier alpha value is -2.49. The molecular weight excluding hydrogens is 391 g/mol. The van der Waals surface area contributed by atoms with Crippen LogP contribution in [0, 0.1) is 5.82 Å². The highest BCUT2D eigenvalue weighted by Crippen LogP contribution is 2.55. The van der Waals surface area contributed by atoms with Crippen LogP contribution in [0.3, 0.4) is 0 Å². The monoisotopic (exact) mass is 404 g/mol. The van der Waals surface area contributed by atoms with E-state index >= 15 is 0 Å². The molecule has 5 rings (SSSR count). The van der Waals surface area contributed by atoms with Crippen LogP contribution in [0.1, 0.15) is 16.7 Å². The third-order valence-corrected chi connectivity index (χ3v) is 5.82. The zero-order chi connectivity index (χ0) is 17.9. The molecule has 0 saturated heterocycles. The number of hydrogen-bond donors (Lipinski definition) is 1. The van der Waals surface area contributed by atoms with Crippen molar-refractivity contribution >= 4 is 26.7 Å². The smallest absolute Gasteiger partial charge is 0.142 e. The lowest BCUT2D eigenvalue weighted by molar-refractivity contribution is 0.132. The molecule has 26 heavy (non-hydrogen) atoms. The Morgan fingerprint density at radius 2 is 1.58 bits per heavy atom. The normalized spacial score (nSPS) is 18.0. The second-order valence-electron chi connectivity index (χ2n) is 6.60. The summed E-state index contributed by atoms with van der Waals surface area (Å²) < 4.78 is 15.0. The zero-order valence-corrected chi connectivity index (χ0v) is 15.3. The van der Waals surface area contributed by atoms with E-state index in [1.54, 1.807) is 6.07 Å². The number of rotatable bonds is 1. The molecule has 1 unspecified atom stereocenters. The third-order valence-electron chi connectivity index (χ3n) is 5.20. The summed E-state index contributed by atoms with van der Waals surface area (Å²) in [5.41, 5.74) is 2.88. The molecule has 0 amide bonds. The molecule has 4 aromatic rings. The molecule has 1 aliphatic carbocycles. The molecule has 0 aliphatic heterocycles. The van der Waals surface area contributed by atoms with Gasteiger partial charge < -0.3 is 5.11 Å². The van der Waals surface area contributed by atoms with Crippen LogP contribution in [0.2, 0.25) is 0 Å². The zero-order valence-electron chi connectivity index (χ0n) is 13.7. The van der Waals surface area contributed by atoms with Gasteiger partial charge in [0.2, 0.25) is 0 Å². The Kier molecular flexibility index (Phi) is 3.33. The van der Waals surface area contributed by atoms with Crippen LogP contribution < -0.4 is 0 Å². The number of fused-ring (bicyclic) bond motifs is 5. The summed E-state index contributed by atoms with van der Waals surface area (Å²) in [6, 6.07) is 24.1. The quantitative estimate of drug-likeness (QED) is 0.412. The molecule has 0 spiro atoms. The summed E-state index contributed by atoms with van der Waals surface area (Å²) in [5, 5.41) is 13.7. The van der Waals surface area contributed by atoms with Gasteiger partial charge in [-0.25, -0.2) is 4.39 Å². The fourth-order valence-electron chi connectivity index (χ4n) is 4.10. The lowest BCUT2D eigenvalue weighted by Crippen LogP contribution is -2.26. The van der Waals surface area contributed by atoms with Gasteiger partial charge in [0.05, 0.1) is 0 Å². The van der Waals surface area contributed by atoms with Crippen LogP contribution in [0.5, 0.6) is 0 Å². The standard InChI is InChI=1S/C23H14BrFO/c24-20-12-14-10-11-16(25)13-18(14)22-21(20)17-8-4-5-9-19(17)23(22,26)15-6-2-1-3-7-15/h1-13,26H. The average Bonchev–Trinajstić information content (AvgIpc) is 2.95. The first-order chi connectivity index (χ1) is 12.6. The molecule has 0 bridgehead atoms. The molecule has 1 atom stereocenters. The van der Waals surface area contributed by atoms with Crippen LogP contribution in [0.25, 0.3) is 21.9 Å². The molecule has 3 heteroatoms. The summed E-state index contributed by atoms with van der Waals surface area (Å²) in [4.78, 5) is 0. The maximum absolute atomic E-state index is 14.1. The molecule has 0 heterocycles. The van der Waals surface area contributed by atoms with Gasteiger partial charge in [-0.15, -0.1) is 0 Å². The summed E-state index contributed by atoms with van der Waals surface area (Å²) >= 11 is 3.68. The van der Waals surface area contributed by atoms with E-state index in [9.17, 15) is 9.50 Å². The Balaban J connectivity index is 2.01. The first kappa shape index (κ1) is 15.7. The molecule has 0 radical (unpaired) electrons. The van der Waals surface area contributed by atoms with Crippen molar-refractivity contribution in [3.05, 3.63) is 106 Å². The first-order valence-corrected chi connectivity index (χ1v) is 9.20. The van der Waals surface area contributed by atoms with Crippen molar-refractivity contribution < 1.29 is 9.50 Å². The van der Waals surface area contributed by atoms with Gasteiger partial charge in [0.15, 0.2) is 0 Å². The Labute approximate surface area is 158 Å². The second kappa shape index (κ2) is 5.50. The fourth-order valence-corrected chi connectivity index (χ4v) is 4.76. The Morgan fingerprint density at radius 1 is 0.846 bits per heavy atom. The van der Waals surface area contributed by atoms with Crippen molar-refractivity contribution in [3.63, 3.8) is 0 Å². The Bertz CT molecular complexity index is 1170. The minimum absolute atomic E-state index is 0.312. The van der Waals surface area contributed by atoms with Crippen molar-refractivity contribution in [2.24, 2.45) is 0 Å². The highest BCUT2D eigenvalue weighted by molar-refractivity contribution is 9.10. The van der Waals surface area contributed by atoms with Crippen molar-refractivity contribution in [3.8, 4) is 11.1 Å². The van der Waals surface area contributed by atoms with E-state index < -0.39 is 5.60 Å². The van der Waals surface area contributed by atoms with Crippen molar-refractivity contribution in [1.29, 1.82) is 0 Å². The summed E-state index contributed by atoms with van der Waals surface area (Å²) in [6.45, 7) is 0. The molecule has 4 aromatic carbocycles. The Morgan fingerprint density at radius 3 is 2.38 bits per heavy atom. The number of halogens is 2. The van der Waals surface area contributed by atoms with Gasteiger partial charge in [-0.1, -0.05) is 76.6 Å². The van der Waals surface area contributed by atoms with Crippen LogP contribution in [-0.2, 0) is 5.60 Å². The highest BCUT2D eigenvalue weighted by atomic mass is 79.9. The molecule has 0 saturated carbocycles. The van der Waals surface area contributed by atoms with Gasteiger partial charge in [-0.05, 0) is 40.1 Å². The van der Waals surface area contributed by atoms with Crippen LogP contribution in [0.4, 0.5) is 4.39 Å². The topological polar surface area (TPSA) is 20.2 Å². The predicted molar refractivity (Wildman–Crippen MR) is 106 cm³/mol. The maximum atomic E-state index is 14.1. The molecular formula is C23H14BrFO. The molecule has 0 aromatic heterocycles. The predicted octanol–water partition coefficient (Wildman–Crippen LogP) is 6.01. The van der Waals surface area contributed by atoms with Gasteiger partial charge >= 0.3 is 0 Å². The largest absolute Gasteiger partial charge is 0.376 e. The van der Waals surface area contributed by atoms with E-state index in [4.69, 9.17) is 0 Å². The molecule has 1 nitrogen and oxygen atoms in total. The van der Waals surface area contributed by atoms with Gasteiger partial charge in [0.25, 0.3) is 0 Å². The minimum Gasteiger partial charge on any atom is -0.376 e. The SMILES string of the molecule is OC1(c2ccccc2)c2ccccc2-c2c(Br)cc3ccc(F)cc3c21. The summed E-state index contributed by atoms with van der Waals surface area (Å²) in [6.07, 6.45) is 0. The van der Waals surface area contributed by atoms with E-state index in [1.165, 1.54) is 12.1 Å². The molecule has 0 fully saturated rings. The van der Waals surface area contributed by atoms with Gasteiger partial charge in [0, 0.05) is 21.2 Å². The third kappa shape index (κ3) is 1.99. The molecule has 1 aliphatic rings. The van der Waals surface area contributed by atoms with Gasteiger partial charge in [-0.3, -0.25) is 0 Å². The summed E-state index contributed by atoms with van der Waals surface area (Å²) in [5.74, 6) is -0.312. The van der Waals surface area contributed by atoms with Crippen molar-refractivity contribution in [2.45, 2.75) is 5.60 Å². The minimum atomic E-state index is -1.33. The molecule has 1 N–H and O–H groups in total. The average molecular weight is 405 g/mol. The van der Waals surface area contributed by atoms with Crippen LogP contribution >= 0.6 is 15.9 Å². The van der Waals surface area contributed by atoms with E-state index in [0.717, 1.165) is 43.1 Å². The van der Waals surface area contributed by atoms with Gasteiger partial charge in [-0.2, -0.15) is 0 Å². The highest BCUT2D eigenvalue weighted by Gasteiger charge is 2.45. The first-order valence-electron chi connectivity index (χ1n) is 8.40. The van der Waals surface area contributed by atoms with E-state index in [0.29, 0.717) is 0 Å². The lowest BCUT2D eigenvalue weighted by atomic mass is 9.82. The van der Waals surface area contributed by atoms with E-state index in [1.807, 2.05) is 60.7 Å². The fraction of sp³-hybridized carbons (Fsp3) is 0.0435. The van der Waals surface area contributed by atoms with Crippen molar-refractivity contribution in [2.75, 3.05) is 0 Å².